The van der Waals surface area contributed by atoms with Crippen LogP contribution in [0.1, 0.15) is 19.3 Å². The predicted octanol–water partition coefficient (Wildman–Crippen LogP) is 2.68. The van der Waals surface area contributed by atoms with E-state index in [0.29, 0.717) is 13.0 Å². The molecule has 1 aliphatic heterocycles. The average molecular weight is 199 g/mol. The third-order valence-corrected chi connectivity index (χ3v) is 2.97. The van der Waals surface area contributed by atoms with Gasteiger partial charge in [-0.25, -0.2) is 4.31 Å². The lowest BCUT2D eigenvalue weighted by atomic mass is 10.1. The van der Waals surface area contributed by atoms with Crippen molar-refractivity contribution < 1.29 is 13.2 Å². The Morgan fingerprint density at radius 3 is 2.42 bits per heavy atom. The summed E-state index contributed by atoms with van der Waals surface area (Å²) in [7, 11) is 0. The second-order valence-corrected chi connectivity index (χ2v) is 3.71. The minimum absolute atomic E-state index is 0.254. The summed E-state index contributed by atoms with van der Waals surface area (Å²) in [5.41, 5.74) is 0. The van der Waals surface area contributed by atoms with Gasteiger partial charge in [-0.05, 0) is 19.1 Å². The highest BCUT2D eigenvalue weighted by Gasteiger charge is 2.44. The molecule has 1 heterocycles. The fraction of sp³-hybridized carbons (Fsp3) is 1.00. The molecule has 0 N–H and O–H groups in total. The standard InChI is InChI=1S/C7H12F3NS/c1-12-11-5-3-2-4-6(11)7(8,9)10/h6H,2-5H2,1H3/t6-/m0/s1. The molecule has 1 aliphatic rings. The number of halogens is 3. The molecule has 12 heavy (non-hydrogen) atoms. The number of nitrogens with zero attached hydrogens (tertiary/aromatic N) is 1. The van der Waals surface area contributed by atoms with Crippen LogP contribution in [0.2, 0.25) is 0 Å². The van der Waals surface area contributed by atoms with Crippen molar-refractivity contribution in [2.45, 2.75) is 31.5 Å². The molecule has 0 saturated carbocycles. The maximum atomic E-state index is 12.3. The Morgan fingerprint density at radius 2 is 2.00 bits per heavy atom. The molecular formula is C7H12F3NS. The molecule has 1 atom stereocenters. The first kappa shape index (κ1) is 10.2. The van der Waals surface area contributed by atoms with Gasteiger partial charge >= 0.3 is 6.18 Å². The summed E-state index contributed by atoms with van der Waals surface area (Å²) in [6.07, 6.45) is -0.521. The highest BCUT2D eigenvalue weighted by molar-refractivity contribution is 7.96. The summed E-state index contributed by atoms with van der Waals surface area (Å²) in [5.74, 6) is 0. The quantitative estimate of drug-likeness (QED) is 0.597. The van der Waals surface area contributed by atoms with Crippen LogP contribution in [0.5, 0.6) is 0 Å². The van der Waals surface area contributed by atoms with E-state index in [9.17, 15) is 13.2 Å². The first-order valence-electron chi connectivity index (χ1n) is 3.93. The van der Waals surface area contributed by atoms with Gasteiger partial charge in [0.1, 0.15) is 6.04 Å². The largest absolute Gasteiger partial charge is 0.404 e. The molecule has 1 rings (SSSR count). The van der Waals surface area contributed by atoms with Crippen LogP contribution >= 0.6 is 11.9 Å². The van der Waals surface area contributed by atoms with Crippen molar-refractivity contribution in [2.24, 2.45) is 0 Å². The molecular weight excluding hydrogens is 187 g/mol. The van der Waals surface area contributed by atoms with Gasteiger partial charge in [0, 0.05) is 6.54 Å². The van der Waals surface area contributed by atoms with E-state index in [1.807, 2.05) is 0 Å². The van der Waals surface area contributed by atoms with Crippen LogP contribution in [-0.4, -0.2) is 29.3 Å². The normalized spacial score (nSPS) is 27.5. The van der Waals surface area contributed by atoms with Crippen molar-refractivity contribution in [1.82, 2.24) is 4.31 Å². The highest BCUT2D eigenvalue weighted by Crippen LogP contribution is 2.34. The van der Waals surface area contributed by atoms with Gasteiger partial charge in [-0.2, -0.15) is 13.2 Å². The van der Waals surface area contributed by atoms with Crippen molar-refractivity contribution in [3.63, 3.8) is 0 Å². The van der Waals surface area contributed by atoms with E-state index in [-0.39, 0.29) is 6.42 Å². The van der Waals surface area contributed by atoms with Crippen molar-refractivity contribution in [2.75, 3.05) is 12.8 Å². The van der Waals surface area contributed by atoms with Crippen LogP contribution in [0, 0.1) is 0 Å². The molecule has 0 unspecified atom stereocenters. The van der Waals surface area contributed by atoms with Crippen LogP contribution in [0.25, 0.3) is 0 Å². The summed E-state index contributed by atoms with van der Waals surface area (Å²) in [5, 5.41) is 0. The number of hydrogen-bond donors (Lipinski definition) is 0. The first-order chi connectivity index (χ1) is 5.55. The summed E-state index contributed by atoms with van der Waals surface area (Å²) in [4.78, 5) is 0. The van der Waals surface area contributed by atoms with Crippen LogP contribution in [-0.2, 0) is 0 Å². The zero-order valence-electron chi connectivity index (χ0n) is 6.90. The molecule has 0 aromatic rings. The van der Waals surface area contributed by atoms with E-state index < -0.39 is 12.2 Å². The van der Waals surface area contributed by atoms with Gasteiger partial charge in [-0.15, -0.1) is 0 Å². The minimum Gasteiger partial charge on any atom is -0.239 e. The fourth-order valence-corrected chi connectivity index (χ4v) is 2.24. The van der Waals surface area contributed by atoms with E-state index in [4.69, 9.17) is 0 Å². The molecule has 1 nitrogen and oxygen atoms in total. The van der Waals surface area contributed by atoms with Gasteiger partial charge in [0.05, 0.1) is 0 Å². The average Bonchev–Trinajstić information content (AvgIpc) is 2.03. The zero-order valence-corrected chi connectivity index (χ0v) is 7.71. The highest BCUT2D eigenvalue weighted by atomic mass is 32.2. The van der Waals surface area contributed by atoms with Crippen LogP contribution < -0.4 is 0 Å². The summed E-state index contributed by atoms with van der Waals surface area (Å²) < 4.78 is 38.4. The molecule has 0 radical (unpaired) electrons. The maximum absolute atomic E-state index is 12.3. The summed E-state index contributed by atoms with van der Waals surface area (Å²) in [6.45, 7) is 0.561. The van der Waals surface area contributed by atoms with Crippen molar-refractivity contribution in [3.8, 4) is 0 Å². The lowest BCUT2D eigenvalue weighted by Gasteiger charge is -2.34. The van der Waals surface area contributed by atoms with Crippen LogP contribution in [0.3, 0.4) is 0 Å². The summed E-state index contributed by atoms with van der Waals surface area (Å²) >= 11 is 1.19. The third-order valence-electron chi connectivity index (χ3n) is 2.07. The number of alkyl halides is 3. The monoisotopic (exact) mass is 199 g/mol. The van der Waals surface area contributed by atoms with Gasteiger partial charge in [-0.3, -0.25) is 0 Å². The topological polar surface area (TPSA) is 3.24 Å². The SMILES string of the molecule is CSN1CCCC[C@H]1C(F)(F)F. The van der Waals surface area contributed by atoms with E-state index in [1.165, 1.54) is 16.3 Å². The van der Waals surface area contributed by atoms with E-state index in [0.717, 1.165) is 6.42 Å². The van der Waals surface area contributed by atoms with E-state index in [1.54, 1.807) is 6.26 Å². The number of rotatable bonds is 1. The molecule has 0 aliphatic carbocycles. The summed E-state index contributed by atoms with van der Waals surface area (Å²) in [6, 6.07) is -1.22. The predicted molar refractivity (Wildman–Crippen MR) is 43.9 cm³/mol. The zero-order chi connectivity index (χ0) is 9.19. The molecule has 0 aromatic carbocycles. The lowest BCUT2D eigenvalue weighted by Crippen LogP contribution is -2.44. The van der Waals surface area contributed by atoms with Crippen molar-refractivity contribution in [1.29, 1.82) is 0 Å². The van der Waals surface area contributed by atoms with E-state index in [2.05, 4.69) is 0 Å². The van der Waals surface area contributed by atoms with Crippen LogP contribution in [0.4, 0.5) is 13.2 Å². The second-order valence-electron chi connectivity index (χ2n) is 2.88. The molecule has 1 fully saturated rings. The molecule has 0 amide bonds. The van der Waals surface area contributed by atoms with Gasteiger partial charge in [-0.1, -0.05) is 18.4 Å². The Hall–Kier alpha value is 0.100. The molecule has 5 heteroatoms. The third kappa shape index (κ3) is 2.29. The molecule has 0 spiro atoms. The Morgan fingerprint density at radius 1 is 1.33 bits per heavy atom. The second kappa shape index (κ2) is 3.87. The number of piperidine rings is 1. The molecule has 1 saturated heterocycles. The minimum atomic E-state index is -4.05. The first-order valence-corrected chi connectivity index (χ1v) is 5.11. The van der Waals surface area contributed by atoms with Crippen molar-refractivity contribution >= 4 is 11.9 Å². The fourth-order valence-electron chi connectivity index (χ4n) is 1.45. The van der Waals surface area contributed by atoms with Crippen molar-refractivity contribution in [3.05, 3.63) is 0 Å². The Labute approximate surface area is 74.4 Å². The van der Waals surface area contributed by atoms with E-state index >= 15 is 0 Å². The van der Waals surface area contributed by atoms with Gasteiger partial charge < -0.3 is 0 Å². The number of hydrogen-bond acceptors (Lipinski definition) is 2. The Kier molecular flexibility index (Phi) is 3.29. The Balaban J connectivity index is 2.59. The molecule has 0 aromatic heterocycles. The van der Waals surface area contributed by atoms with Gasteiger partial charge in [0.25, 0.3) is 0 Å². The Bertz CT molecular complexity index is 148. The molecule has 72 valence electrons. The smallest absolute Gasteiger partial charge is 0.239 e. The lowest BCUT2D eigenvalue weighted by molar-refractivity contribution is -0.175. The van der Waals surface area contributed by atoms with Crippen LogP contribution in [0.15, 0.2) is 0 Å². The van der Waals surface area contributed by atoms with Gasteiger partial charge in [0.15, 0.2) is 0 Å². The van der Waals surface area contributed by atoms with Gasteiger partial charge in [0.2, 0.25) is 0 Å². The maximum Gasteiger partial charge on any atom is 0.404 e. The molecule has 0 bridgehead atoms.